The molecule has 0 N–H and O–H groups in total. The number of hydrogen-bond donors (Lipinski definition) is 0. The van der Waals surface area contributed by atoms with E-state index in [1.54, 1.807) is 5.38 Å². The third-order valence-corrected chi connectivity index (χ3v) is 3.21. The molecule has 0 fully saturated rings. The lowest BCUT2D eigenvalue weighted by Gasteiger charge is -2.02. The lowest BCUT2D eigenvalue weighted by Crippen LogP contribution is -2.25. The fraction of sp³-hybridized carbons (Fsp3) is 0.250. The van der Waals surface area contributed by atoms with Crippen LogP contribution < -0.4 is 0 Å². The molecule has 0 aromatic carbocycles. The second-order valence-corrected chi connectivity index (χ2v) is 4.48. The van der Waals surface area contributed by atoms with E-state index in [1.165, 1.54) is 6.07 Å². The van der Waals surface area contributed by atoms with E-state index in [0.717, 1.165) is 11.3 Å². The van der Waals surface area contributed by atoms with Crippen LogP contribution in [0.5, 0.6) is 0 Å². The summed E-state index contributed by atoms with van der Waals surface area (Å²) >= 11 is 4.05. The summed E-state index contributed by atoms with van der Waals surface area (Å²) in [5, 5.41) is 1.56. The number of alkyl halides is 3. The Bertz CT molecular complexity index is 397. The molecule has 2 nitrogen and oxygen atoms in total. The maximum Gasteiger partial charge on any atom is 0.450 e. The van der Waals surface area contributed by atoms with Crippen molar-refractivity contribution in [1.82, 2.24) is 0 Å². The maximum absolute atomic E-state index is 11.8. The van der Waals surface area contributed by atoms with Crippen molar-refractivity contribution in [2.24, 2.45) is 0 Å². The SMILES string of the molecule is O=C(CC(=O)C(F)(F)F)c1cc(Br)cs1. The highest BCUT2D eigenvalue weighted by Gasteiger charge is 2.39. The molecule has 7 heteroatoms. The van der Waals surface area contributed by atoms with Gasteiger partial charge >= 0.3 is 6.18 Å². The summed E-state index contributed by atoms with van der Waals surface area (Å²) < 4.78 is 36.1. The zero-order valence-corrected chi connectivity index (χ0v) is 9.50. The van der Waals surface area contributed by atoms with Crippen LogP contribution in [0.1, 0.15) is 16.1 Å². The molecule has 15 heavy (non-hydrogen) atoms. The first kappa shape index (κ1) is 12.4. The van der Waals surface area contributed by atoms with Gasteiger partial charge in [0.1, 0.15) is 0 Å². The summed E-state index contributed by atoms with van der Waals surface area (Å²) in [5.41, 5.74) is 0. The van der Waals surface area contributed by atoms with E-state index in [1.807, 2.05) is 0 Å². The Labute approximate surface area is 95.2 Å². The Morgan fingerprint density at radius 2 is 2.00 bits per heavy atom. The molecule has 1 aromatic heterocycles. The van der Waals surface area contributed by atoms with Crippen molar-refractivity contribution in [2.45, 2.75) is 12.6 Å². The van der Waals surface area contributed by atoms with Gasteiger partial charge in [0.05, 0.1) is 11.3 Å². The largest absolute Gasteiger partial charge is 0.450 e. The van der Waals surface area contributed by atoms with Crippen molar-refractivity contribution < 1.29 is 22.8 Å². The van der Waals surface area contributed by atoms with Crippen molar-refractivity contribution in [2.75, 3.05) is 0 Å². The van der Waals surface area contributed by atoms with E-state index < -0.39 is 24.2 Å². The van der Waals surface area contributed by atoms with E-state index in [-0.39, 0.29) is 4.88 Å². The second-order valence-electron chi connectivity index (χ2n) is 2.65. The Morgan fingerprint density at radius 3 is 2.40 bits per heavy atom. The molecule has 0 aliphatic rings. The van der Waals surface area contributed by atoms with Crippen LogP contribution in [0.25, 0.3) is 0 Å². The Balaban J connectivity index is 2.69. The fourth-order valence-electron chi connectivity index (χ4n) is 0.792. The average molecular weight is 301 g/mol. The first-order valence-corrected chi connectivity index (χ1v) is 5.35. The van der Waals surface area contributed by atoms with Gasteiger partial charge in [-0.1, -0.05) is 0 Å². The topological polar surface area (TPSA) is 34.1 Å². The summed E-state index contributed by atoms with van der Waals surface area (Å²) in [5.74, 6) is -2.83. The van der Waals surface area contributed by atoms with Gasteiger partial charge < -0.3 is 0 Å². The van der Waals surface area contributed by atoms with Gasteiger partial charge in [0.25, 0.3) is 0 Å². The highest BCUT2D eigenvalue weighted by molar-refractivity contribution is 9.10. The predicted octanol–water partition coefficient (Wildman–Crippen LogP) is 3.21. The molecule has 1 heterocycles. The Morgan fingerprint density at radius 1 is 1.40 bits per heavy atom. The number of hydrogen-bond acceptors (Lipinski definition) is 3. The van der Waals surface area contributed by atoms with E-state index in [0.29, 0.717) is 4.47 Å². The molecule has 0 aliphatic heterocycles. The summed E-state index contributed by atoms with van der Waals surface area (Å²) in [6, 6.07) is 1.39. The van der Waals surface area contributed by atoms with Gasteiger partial charge in [0, 0.05) is 9.85 Å². The fourth-order valence-corrected chi connectivity index (χ4v) is 2.16. The van der Waals surface area contributed by atoms with E-state index >= 15 is 0 Å². The van der Waals surface area contributed by atoms with Crippen molar-refractivity contribution >= 4 is 38.8 Å². The molecule has 0 spiro atoms. The number of carbonyl (C=O) groups is 2. The molecule has 0 amide bonds. The third kappa shape index (κ3) is 3.42. The minimum atomic E-state index is -4.94. The van der Waals surface area contributed by atoms with Crippen molar-refractivity contribution in [3.63, 3.8) is 0 Å². The molecule has 0 saturated carbocycles. The zero-order valence-electron chi connectivity index (χ0n) is 7.10. The summed E-state index contributed by atoms with van der Waals surface area (Å²) in [7, 11) is 0. The van der Waals surface area contributed by atoms with Crippen molar-refractivity contribution in [3.8, 4) is 0 Å². The van der Waals surface area contributed by atoms with Gasteiger partial charge in [-0.25, -0.2) is 0 Å². The molecular weight excluding hydrogens is 297 g/mol. The van der Waals surface area contributed by atoms with Crippen LogP contribution in [-0.4, -0.2) is 17.7 Å². The quantitative estimate of drug-likeness (QED) is 0.634. The number of halogens is 4. The van der Waals surface area contributed by atoms with Crippen LogP contribution in [0.4, 0.5) is 13.2 Å². The maximum atomic E-state index is 11.8. The molecule has 0 radical (unpaired) electrons. The number of thiophene rings is 1. The van der Waals surface area contributed by atoms with E-state index in [4.69, 9.17) is 0 Å². The molecular formula is C8H4BrF3O2S. The number of rotatable bonds is 3. The van der Waals surface area contributed by atoms with Crippen LogP contribution in [-0.2, 0) is 4.79 Å². The molecule has 0 unspecified atom stereocenters. The lowest BCUT2D eigenvalue weighted by atomic mass is 10.2. The molecule has 0 aliphatic carbocycles. The number of Topliss-reactive ketones (excluding diaryl/α,β-unsaturated/α-hetero) is 2. The lowest BCUT2D eigenvalue weighted by molar-refractivity contribution is -0.170. The first-order chi connectivity index (χ1) is 6.80. The Kier molecular flexibility index (Phi) is 3.67. The first-order valence-electron chi connectivity index (χ1n) is 3.68. The molecule has 0 atom stereocenters. The van der Waals surface area contributed by atoms with Crippen molar-refractivity contribution in [3.05, 3.63) is 20.8 Å². The number of ketones is 2. The summed E-state index contributed by atoms with van der Waals surface area (Å²) in [6.07, 6.45) is -6.07. The monoisotopic (exact) mass is 300 g/mol. The summed E-state index contributed by atoms with van der Waals surface area (Å²) in [4.78, 5) is 21.8. The molecule has 82 valence electrons. The standard InChI is InChI=1S/C8H4BrF3O2S/c9-4-1-6(15-3-4)5(13)2-7(14)8(10,11)12/h1,3H,2H2. The summed E-state index contributed by atoms with van der Waals surface area (Å²) in [6.45, 7) is 0. The van der Waals surface area contributed by atoms with Gasteiger partial charge in [-0.2, -0.15) is 13.2 Å². The predicted molar refractivity (Wildman–Crippen MR) is 52.0 cm³/mol. The zero-order chi connectivity index (χ0) is 11.6. The van der Waals surface area contributed by atoms with Crippen LogP contribution in [0, 0.1) is 0 Å². The molecule has 1 rings (SSSR count). The van der Waals surface area contributed by atoms with Gasteiger partial charge in [0.15, 0.2) is 5.78 Å². The van der Waals surface area contributed by atoms with Crippen LogP contribution >= 0.6 is 27.3 Å². The van der Waals surface area contributed by atoms with E-state index in [9.17, 15) is 22.8 Å². The van der Waals surface area contributed by atoms with E-state index in [2.05, 4.69) is 15.9 Å². The second kappa shape index (κ2) is 4.44. The minimum Gasteiger partial charge on any atom is -0.293 e. The Hall–Kier alpha value is -0.690. The van der Waals surface area contributed by atoms with Gasteiger partial charge in [-0.3, -0.25) is 9.59 Å². The third-order valence-electron chi connectivity index (χ3n) is 1.48. The van der Waals surface area contributed by atoms with Gasteiger partial charge in [0.2, 0.25) is 5.78 Å². The molecule has 0 bridgehead atoms. The smallest absolute Gasteiger partial charge is 0.293 e. The van der Waals surface area contributed by atoms with Gasteiger partial charge in [-0.15, -0.1) is 11.3 Å². The number of carbonyl (C=O) groups excluding carboxylic acids is 2. The highest BCUT2D eigenvalue weighted by Crippen LogP contribution is 2.23. The average Bonchev–Trinajstić information content (AvgIpc) is 2.50. The van der Waals surface area contributed by atoms with Crippen LogP contribution in [0.15, 0.2) is 15.9 Å². The molecule has 0 saturated heterocycles. The normalized spacial score (nSPS) is 11.5. The highest BCUT2D eigenvalue weighted by atomic mass is 79.9. The van der Waals surface area contributed by atoms with Gasteiger partial charge in [-0.05, 0) is 22.0 Å². The van der Waals surface area contributed by atoms with Crippen molar-refractivity contribution in [1.29, 1.82) is 0 Å². The molecule has 1 aromatic rings. The van der Waals surface area contributed by atoms with Crippen LogP contribution in [0.3, 0.4) is 0 Å². The minimum absolute atomic E-state index is 0.138. The van der Waals surface area contributed by atoms with Crippen LogP contribution in [0.2, 0.25) is 0 Å².